The van der Waals surface area contributed by atoms with Crippen LogP contribution in [0.5, 0.6) is 0 Å². The molecule has 9 heteroatoms. The summed E-state index contributed by atoms with van der Waals surface area (Å²) in [6.07, 6.45) is 3.64. The van der Waals surface area contributed by atoms with Crippen LogP contribution in [0.2, 0.25) is 0 Å². The zero-order valence-electron chi connectivity index (χ0n) is 17.1. The predicted octanol–water partition coefficient (Wildman–Crippen LogP) is 2.35. The van der Waals surface area contributed by atoms with Crippen molar-refractivity contribution in [2.75, 3.05) is 16.2 Å². The van der Waals surface area contributed by atoms with Gasteiger partial charge < -0.3 is 10.6 Å². The van der Waals surface area contributed by atoms with E-state index in [1.54, 1.807) is 54.9 Å². The van der Waals surface area contributed by atoms with E-state index >= 15 is 0 Å². The Morgan fingerprint density at radius 3 is 2.44 bits per heavy atom. The Labute approximate surface area is 186 Å². The second kappa shape index (κ2) is 9.19. The Balaban J connectivity index is 1.58. The van der Waals surface area contributed by atoms with Gasteiger partial charge in [-0.2, -0.15) is 0 Å². The minimum Gasteiger partial charge on any atom is -0.356 e. The summed E-state index contributed by atoms with van der Waals surface area (Å²) in [5, 5.41) is 5.49. The van der Waals surface area contributed by atoms with Crippen molar-refractivity contribution in [3.63, 3.8) is 0 Å². The molecule has 2 heterocycles. The molecule has 0 radical (unpaired) electrons. The number of sulfonamides is 1. The fourth-order valence-corrected chi connectivity index (χ4v) is 5.24. The van der Waals surface area contributed by atoms with E-state index in [0.29, 0.717) is 24.3 Å². The zero-order valence-corrected chi connectivity index (χ0v) is 18.0. The van der Waals surface area contributed by atoms with Crippen molar-refractivity contribution < 1.29 is 18.0 Å². The maximum absolute atomic E-state index is 13.5. The highest BCUT2D eigenvalue weighted by atomic mass is 32.2. The Bertz CT molecular complexity index is 1220. The summed E-state index contributed by atoms with van der Waals surface area (Å²) in [4.78, 5) is 29.5. The van der Waals surface area contributed by atoms with Gasteiger partial charge in [-0.1, -0.05) is 30.3 Å². The van der Waals surface area contributed by atoms with Crippen molar-refractivity contribution in [3.8, 4) is 0 Å². The molecule has 1 aromatic heterocycles. The molecule has 0 saturated heterocycles. The van der Waals surface area contributed by atoms with Crippen molar-refractivity contribution in [2.24, 2.45) is 0 Å². The first kappa shape index (κ1) is 21.5. The Hall–Kier alpha value is -3.72. The van der Waals surface area contributed by atoms with Crippen LogP contribution >= 0.6 is 0 Å². The van der Waals surface area contributed by atoms with Gasteiger partial charge in [0.05, 0.1) is 22.7 Å². The highest BCUT2D eigenvalue weighted by Gasteiger charge is 2.41. The summed E-state index contributed by atoms with van der Waals surface area (Å²) in [5.41, 5.74) is 1.72. The molecular formula is C23H22N4O4S. The molecule has 0 saturated carbocycles. The quantitative estimate of drug-likeness (QED) is 0.574. The van der Waals surface area contributed by atoms with E-state index in [1.165, 1.54) is 12.1 Å². The molecule has 32 heavy (non-hydrogen) atoms. The molecule has 2 aromatic carbocycles. The van der Waals surface area contributed by atoms with Crippen molar-refractivity contribution in [1.82, 2.24) is 10.3 Å². The van der Waals surface area contributed by atoms with Crippen molar-refractivity contribution in [2.45, 2.75) is 23.8 Å². The smallest absolute Gasteiger partial charge is 0.265 e. The summed E-state index contributed by atoms with van der Waals surface area (Å²) in [7, 11) is -4.08. The van der Waals surface area contributed by atoms with Gasteiger partial charge in [0.2, 0.25) is 11.8 Å². The number of pyridine rings is 1. The van der Waals surface area contributed by atoms with Gasteiger partial charge in [-0.3, -0.25) is 18.9 Å². The van der Waals surface area contributed by atoms with Crippen LogP contribution in [-0.2, 0) is 26.0 Å². The molecular weight excluding hydrogens is 428 g/mol. The number of fused-ring (bicyclic) bond motifs is 1. The Morgan fingerprint density at radius 1 is 1.00 bits per heavy atom. The lowest BCUT2D eigenvalue weighted by molar-refractivity contribution is -0.125. The third-order valence-electron chi connectivity index (χ3n) is 5.15. The monoisotopic (exact) mass is 450 g/mol. The molecule has 0 fully saturated rings. The number of aromatic nitrogens is 1. The molecule has 3 aromatic rings. The number of rotatable bonds is 7. The fourth-order valence-electron chi connectivity index (χ4n) is 3.58. The third-order valence-corrected chi connectivity index (χ3v) is 6.99. The van der Waals surface area contributed by atoms with E-state index in [2.05, 4.69) is 15.6 Å². The zero-order chi connectivity index (χ0) is 22.6. The van der Waals surface area contributed by atoms with Gasteiger partial charge >= 0.3 is 0 Å². The van der Waals surface area contributed by atoms with Crippen LogP contribution in [0.3, 0.4) is 0 Å². The molecule has 4 rings (SSSR count). The number of amides is 2. The number of carbonyl (C=O) groups excluding carboxylic acids is 2. The van der Waals surface area contributed by atoms with Crippen LogP contribution in [-0.4, -0.2) is 37.8 Å². The first-order valence-corrected chi connectivity index (χ1v) is 11.6. The summed E-state index contributed by atoms with van der Waals surface area (Å²) in [5.74, 6) is -0.959. The van der Waals surface area contributed by atoms with E-state index in [1.807, 2.05) is 12.1 Å². The van der Waals surface area contributed by atoms with Gasteiger partial charge in [0.1, 0.15) is 6.04 Å². The lowest BCUT2D eigenvalue weighted by atomic mass is 10.1. The van der Waals surface area contributed by atoms with E-state index < -0.39 is 27.9 Å². The van der Waals surface area contributed by atoms with Crippen LogP contribution in [0.15, 0.2) is 84.0 Å². The van der Waals surface area contributed by atoms with Gasteiger partial charge in [0, 0.05) is 18.9 Å². The number of para-hydroxylation sites is 2. The average Bonchev–Trinajstić information content (AvgIpc) is 2.80. The number of hydrogen-bond acceptors (Lipinski definition) is 5. The van der Waals surface area contributed by atoms with Crippen LogP contribution in [0.4, 0.5) is 11.4 Å². The fraction of sp³-hybridized carbons (Fsp3) is 0.174. The highest BCUT2D eigenvalue weighted by Crippen LogP contribution is 2.37. The van der Waals surface area contributed by atoms with Gasteiger partial charge in [0.15, 0.2) is 0 Å². The average molecular weight is 451 g/mol. The van der Waals surface area contributed by atoms with Gasteiger partial charge in [-0.15, -0.1) is 0 Å². The van der Waals surface area contributed by atoms with Gasteiger partial charge in [-0.25, -0.2) is 8.42 Å². The number of nitrogens with one attached hydrogen (secondary N) is 2. The molecule has 1 atom stereocenters. The summed E-state index contributed by atoms with van der Waals surface area (Å²) < 4.78 is 28.0. The third kappa shape index (κ3) is 4.47. The molecule has 164 valence electrons. The molecule has 1 aliphatic heterocycles. The molecule has 8 nitrogen and oxygen atoms in total. The molecule has 1 aliphatic rings. The lowest BCUT2D eigenvalue weighted by Gasteiger charge is -2.36. The van der Waals surface area contributed by atoms with Gasteiger partial charge in [0.25, 0.3) is 10.0 Å². The minimum absolute atomic E-state index is 0.0487. The normalized spacial score (nSPS) is 15.6. The van der Waals surface area contributed by atoms with Crippen molar-refractivity contribution >= 4 is 33.2 Å². The SMILES string of the molecule is O=C(CC1C(=O)Nc2ccccc2N1S(=O)(=O)c1ccccc1)NCCc1ccncc1. The summed E-state index contributed by atoms with van der Waals surface area (Å²) in [6.45, 7) is 0.360. The molecule has 0 bridgehead atoms. The number of nitrogens with zero attached hydrogens (tertiary/aromatic N) is 2. The van der Waals surface area contributed by atoms with Gasteiger partial charge in [-0.05, 0) is 48.4 Å². The van der Waals surface area contributed by atoms with Crippen LogP contribution in [0.1, 0.15) is 12.0 Å². The number of hydrogen-bond donors (Lipinski definition) is 2. The number of benzene rings is 2. The molecule has 0 spiro atoms. The number of carbonyl (C=O) groups is 2. The summed E-state index contributed by atoms with van der Waals surface area (Å²) in [6, 6.07) is 17.0. The van der Waals surface area contributed by atoms with E-state index in [-0.39, 0.29) is 11.3 Å². The second-order valence-corrected chi connectivity index (χ2v) is 9.11. The van der Waals surface area contributed by atoms with E-state index in [0.717, 1.165) is 9.87 Å². The first-order valence-electron chi connectivity index (χ1n) is 10.1. The topological polar surface area (TPSA) is 108 Å². The van der Waals surface area contributed by atoms with Crippen LogP contribution < -0.4 is 14.9 Å². The molecule has 2 N–H and O–H groups in total. The Kier molecular flexibility index (Phi) is 6.18. The molecule has 1 unspecified atom stereocenters. The second-order valence-electron chi connectivity index (χ2n) is 7.30. The van der Waals surface area contributed by atoms with Crippen molar-refractivity contribution in [3.05, 3.63) is 84.7 Å². The van der Waals surface area contributed by atoms with E-state index in [9.17, 15) is 18.0 Å². The maximum Gasteiger partial charge on any atom is 0.265 e. The Morgan fingerprint density at radius 2 is 1.69 bits per heavy atom. The van der Waals surface area contributed by atoms with Crippen LogP contribution in [0, 0.1) is 0 Å². The molecule has 2 amide bonds. The summed E-state index contributed by atoms with van der Waals surface area (Å²) >= 11 is 0. The largest absolute Gasteiger partial charge is 0.356 e. The molecule has 0 aliphatic carbocycles. The standard InChI is InChI=1S/C23H22N4O4S/c28-22(25-15-12-17-10-13-24-14-11-17)16-21-23(29)26-19-8-4-5-9-20(19)27(21)32(30,31)18-6-2-1-3-7-18/h1-11,13-14,21H,12,15-16H2,(H,25,28)(H,26,29). The van der Waals surface area contributed by atoms with Crippen LogP contribution in [0.25, 0.3) is 0 Å². The lowest BCUT2D eigenvalue weighted by Crippen LogP contribution is -2.52. The van der Waals surface area contributed by atoms with E-state index in [4.69, 9.17) is 0 Å². The minimum atomic E-state index is -4.08. The predicted molar refractivity (Wildman–Crippen MR) is 121 cm³/mol. The maximum atomic E-state index is 13.5. The first-order chi connectivity index (χ1) is 15.5. The number of anilines is 2. The van der Waals surface area contributed by atoms with Crippen molar-refractivity contribution in [1.29, 1.82) is 0 Å². The highest BCUT2D eigenvalue weighted by molar-refractivity contribution is 7.93.